The van der Waals surface area contributed by atoms with Gasteiger partial charge in [-0.2, -0.15) is 0 Å². The van der Waals surface area contributed by atoms with E-state index in [9.17, 15) is 4.39 Å². The standard InChI is InChI=1S/C13H19BrFNO/c1-2-4-17-5-3-13(16)8-10-6-11(14)9-12(15)7-10/h6-7,9,13H,2-5,8,16H2,1H3. The smallest absolute Gasteiger partial charge is 0.124 e. The maximum atomic E-state index is 13.1. The van der Waals surface area contributed by atoms with E-state index in [2.05, 4.69) is 22.9 Å². The molecule has 4 heteroatoms. The summed E-state index contributed by atoms with van der Waals surface area (Å²) in [5.41, 5.74) is 6.89. The summed E-state index contributed by atoms with van der Waals surface area (Å²) in [6.07, 6.45) is 2.49. The quantitative estimate of drug-likeness (QED) is 0.785. The number of ether oxygens (including phenoxy) is 1. The summed E-state index contributed by atoms with van der Waals surface area (Å²) in [5, 5.41) is 0. The molecule has 0 radical (unpaired) electrons. The van der Waals surface area contributed by atoms with Crippen molar-refractivity contribution in [1.29, 1.82) is 0 Å². The van der Waals surface area contributed by atoms with Crippen LogP contribution >= 0.6 is 15.9 Å². The fourth-order valence-corrected chi connectivity index (χ4v) is 2.13. The number of rotatable bonds is 7. The first-order valence-corrected chi connectivity index (χ1v) is 6.69. The van der Waals surface area contributed by atoms with Crippen LogP contribution in [0.25, 0.3) is 0 Å². The lowest BCUT2D eigenvalue weighted by molar-refractivity contribution is 0.127. The predicted molar refractivity (Wildman–Crippen MR) is 71.5 cm³/mol. The van der Waals surface area contributed by atoms with Gasteiger partial charge < -0.3 is 10.5 Å². The number of hydrogen-bond donors (Lipinski definition) is 1. The van der Waals surface area contributed by atoms with Crippen LogP contribution in [0, 0.1) is 5.82 Å². The molecule has 0 aromatic heterocycles. The maximum Gasteiger partial charge on any atom is 0.124 e. The highest BCUT2D eigenvalue weighted by atomic mass is 79.9. The van der Waals surface area contributed by atoms with Crippen LogP contribution in [0.3, 0.4) is 0 Å². The maximum absolute atomic E-state index is 13.1. The Balaban J connectivity index is 2.36. The van der Waals surface area contributed by atoms with Gasteiger partial charge in [-0.05, 0) is 43.0 Å². The lowest BCUT2D eigenvalue weighted by atomic mass is 10.0. The van der Waals surface area contributed by atoms with E-state index in [-0.39, 0.29) is 11.9 Å². The van der Waals surface area contributed by atoms with E-state index in [1.807, 2.05) is 6.07 Å². The van der Waals surface area contributed by atoms with Gasteiger partial charge in [-0.15, -0.1) is 0 Å². The van der Waals surface area contributed by atoms with Crippen molar-refractivity contribution in [2.45, 2.75) is 32.2 Å². The third-order valence-corrected chi connectivity index (χ3v) is 2.86. The Bertz CT molecular complexity index is 326. The molecule has 1 unspecified atom stereocenters. The highest BCUT2D eigenvalue weighted by molar-refractivity contribution is 9.10. The van der Waals surface area contributed by atoms with Crippen molar-refractivity contribution in [3.8, 4) is 0 Å². The average molecular weight is 304 g/mol. The lowest BCUT2D eigenvalue weighted by Gasteiger charge is -2.12. The summed E-state index contributed by atoms with van der Waals surface area (Å²) >= 11 is 3.27. The minimum absolute atomic E-state index is 0.0144. The first-order chi connectivity index (χ1) is 8.11. The molecule has 17 heavy (non-hydrogen) atoms. The van der Waals surface area contributed by atoms with Crippen molar-refractivity contribution in [3.63, 3.8) is 0 Å². The molecule has 0 heterocycles. The lowest BCUT2D eigenvalue weighted by Crippen LogP contribution is -2.24. The summed E-state index contributed by atoms with van der Waals surface area (Å²) in [4.78, 5) is 0. The molecule has 0 saturated carbocycles. The topological polar surface area (TPSA) is 35.2 Å². The number of benzene rings is 1. The first kappa shape index (κ1) is 14.6. The molecule has 96 valence electrons. The Morgan fingerprint density at radius 3 is 2.76 bits per heavy atom. The molecule has 0 aliphatic heterocycles. The van der Waals surface area contributed by atoms with Gasteiger partial charge in [0, 0.05) is 23.7 Å². The van der Waals surface area contributed by atoms with E-state index in [4.69, 9.17) is 10.5 Å². The Labute approximate surface area is 110 Å². The minimum atomic E-state index is -0.233. The monoisotopic (exact) mass is 303 g/mol. The molecule has 2 nitrogen and oxygen atoms in total. The fraction of sp³-hybridized carbons (Fsp3) is 0.538. The Morgan fingerprint density at radius 2 is 2.12 bits per heavy atom. The zero-order valence-electron chi connectivity index (χ0n) is 10.1. The molecular weight excluding hydrogens is 285 g/mol. The summed E-state index contributed by atoms with van der Waals surface area (Å²) < 4.78 is 19.3. The molecule has 0 bridgehead atoms. The van der Waals surface area contributed by atoms with E-state index in [1.54, 1.807) is 0 Å². The second-order valence-electron chi connectivity index (χ2n) is 4.14. The van der Waals surface area contributed by atoms with Crippen LogP contribution in [-0.2, 0) is 11.2 Å². The van der Waals surface area contributed by atoms with Gasteiger partial charge in [0.1, 0.15) is 5.82 Å². The number of halogens is 2. The third-order valence-electron chi connectivity index (χ3n) is 2.40. The van der Waals surface area contributed by atoms with Crippen molar-refractivity contribution >= 4 is 15.9 Å². The molecule has 0 aliphatic rings. The average Bonchev–Trinajstić information content (AvgIpc) is 2.23. The number of nitrogens with two attached hydrogens (primary N) is 1. The molecule has 0 saturated heterocycles. The summed E-state index contributed by atoms with van der Waals surface area (Å²) in [6, 6.07) is 4.88. The second-order valence-corrected chi connectivity index (χ2v) is 5.06. The Morgan fingerprint density at radius 1 is 1.35 bits per heavy atom. The molecule has 1 rings (SSSR count). The SMILES string of the molecule is CCCOCCC(N)Cc1cc(F)cc(Br)c1. The molecule has 1 aromatic rings. The molecule has 0 aliphatic carbocycles. The van der Waals surface area contributed by atoms with Gasteiger partial charge in [0.15, 0.2) is 0 Å². The van der Waals surface area contributed by atoms with Crippen LogP contribution in [-0.4, -0.2) is 19.3 Å². The zero-order chi connectivity index (χ0) is 12.7. The molecule has 0 spiro atoms. The molecule has 0 amide bonds. The van der Waals surface area contributed by atoms with E-state index >= 15 is 0 Å². The summed E-state index contributed by atoms with van der Waals surface area (Å²) in [7, 11) is 0. The van der Waals surface area contributed by atoms with E-state index in [0.717, 1.165) is 29.5 Å². The Hall–Kier alpha value is -0.450. The van der Waals surface area contributed by atoms with Gasteiger partial charge >= 0.3 is 0 Å². The molecule has 1 aromatic carbocycles. The largest absolute Gasteiger partial charge is 0.381 e. The van der Waals surface area contributed by atoms with Crippen LogP contribution in [0.1, 0.15) is 25.3 Å². The van der Waals surface area contributed by atoms with Gasteiger partial charge in [0.05, 0.1) is 0 Å². The van der Waals surface area contributed by atoms with Gasteiger partial charge in [0.2, 0.25) is 0 Å². The minimum Gasteiger partial charge on any atom is -0.381 e. The summed E-state index contributed by atoms with van der Waals surface area (Å²) in [5.74, 6) is -0.233. The summed E-state index contributed by atoms with van der Waals surface area (Å²) in [6.45, 7) is 3.52. The number of hydrogen-bond acceptors (Lipinski definition) is 2. The van der Waals surface area contributed by atoms with Gasteiger partial charge in [0.25, 0.3) is 0 Å². The van der Waals surface area contributed by atoms with Crippen LogP contribution < -0.4 is 5.73 Å². The second kappa shape index (κ2) is 7.80. The molecular formula is C13H19BrFNO. The fourth-order valence-electron chi connectivity index (χ4n) is 1.61. The van der Waals surface area contributed by atoms with E-state index in [1.165, 1.54) is 12.1 Å². The highest BCUT2D eigenvalue weighted by Crippen LogP contribution is 2.16. The van der Waals surface area contributed by atoms with Crippen molar-refractivity contribution in [2.75, 3.05) is 13.2 Å². The zero-order valence-corrected chi connectivity index (χ0v) is 11.7. The van der Waals surface area contributed by atoms with Crippen molar-refractivity contribution < 1.29 is 9.13 Å². The Kier molecular flexibility index (Phi) is 6.70. The predicted octanol–water partition coefficient (Wildman–Crippen LogP) is 3.27. The van der Waals surface area contributed by atoms with Crippen molar-refractivity contribution in [1.82, 2.24) is 0 Å². The molecule has 0 fully saturated rings. The van der Waals surface area contributed by atoms with Crippen LogP contribution in [0.4, 0.5) is 4.39 Å². The van der Waals surface area contributed by atoms with Crippen LogP contribution in [0.5, 0.6) is 0 Å². The first-order valence-electron chi connectivity index (χ1n) is 5.90. The van der Waals surface area contributed by atoms with E-state index in [0.29, 0.717) is 13.0 Å². The molecule has 1 atom stereocenters. The van der Waals surface area contributed by atoms with Crippen molar-refractivity contribution in [2.24, 2.45) is 5.73 Å². The normalized spacial score (nSPS) is 12.7. The van der Waals surface area contributed by atoms with Gasteiger partial charge in [-0.25, -0.2) is 4.39 Å². The van der Waals surface area contributed by atoms with Gasteiger partial charge in [-0.3, -0.25) is 0 Å². The van der Waals surface area contributed by atoms with Crippen LogP contribution in [0.2, 0.25) is 0 Å². The van der Waals surface area contributed by atoms with Crippen molar-refractivity contribution in [3.05, 3.63) is 34.1 Å². The van der Waals surface area contributed by atoms with Crippen LogP contribution in [0.15, 0.2) is 22.7 Å². The van der Waals surface area contributed by atoms with Gasteiger partial charge in [-0.1, -0.05) is 22.9 Å². The third kappa shape index (κ3) is 6.15. The van der Waals surface area contributed by atoms with E-state index < -0.39 is 0 Å². The molecule has 2 N–H and O–H groups in total. The highest BCUT2D eigenvalue weighted by Gasteiger charge is 2.06.